The number of aromatic nitrogens is 1. The second-order valence-electron chi connectivity index (χ2n) is 6.57. The first-order valence-corrected chi connectivity index (χ1v) is 9.28. The molecular formula is C18H28FN5O. The number of pyridine rings is 1. The normalized spacial score (nSPS) is 23.9. The number of nitrogens with one attached hydrogen (secondary N) is 2. The molecule has 138 valence electrons. The van der Waals surface area contributed by atoms with Crippen molar-refractivity contribution in [3.8, 4) is 0 Å². The summed E-state index contributed by atoms with van der Waals surface area (Å²) in [4.78, 5) is 10.8. The number of hydrogen-bond donors (Lipinski definition) is 2. The van der Waals surface area contributed by atoms with Crippen molar-refractivity contribution >= 4 is 11.8 Å². The third-order valence-corrected chi connectivity index (χ3v) is 4.66. The van der Waals surface area contributed by atoms with Gasteiger partial charge >= 0.3 is 0 Å². The predicted octanol–water partition coefficient (Wildman–Crippen LogP) is 1.92. The first kappa shape index (κ1) is 17.9. The SMILES string of the molecule is CCNC(=NCCC1CCCO1)NC1CCN(c2ncccc2F)C1. The van der Waals surface area contributed by atoms with Gasteiger partial charge in [0.15, 0.2) is 17.6 Å². The van der Waals surface area contributed by atoms with Gasteiger partial charge in [-0.1, -0.05) is 0 Å². The Bertz CT molecular complexity index is 576. The van der Waals surface area contributed by atoms with Crippen molar-refractivity contribution in [3.05, 3.63) is 24.1 Å². The summed E-state index contributed by atoms with van der Waals surface area (Å²) in [7, 11) is 0. The molecule has 2 unspecified atom stereocenters. The van der Waals surface area contributed by atoms with Crippen LogP contribution in [0.5, 0.6) is 0 Å². The summed E-state index contributed by atoms with van der Waals surface area (Å²) in [6, 6.07) is 3.32. The largest absolute Gasteiger partial charge is 0.378 e. The molecule has 7 heteroatoms. The lowest BCUT2D eigenvalue weighted by Crippen LogP contribution is -2.44. The number of anilines is 1. The molecule has 0 saturated carbocycles. The highest BCUT2D eigenvalue weighted by molar-refractivity contribution is 5.80. The Morgan fingerprint density at radius 3 is 3.16 bits per heavy atom. The van der Waals surface area contributed by atoms with Gasteiger partial charge in [0.1, 0.15) is 0 Å². The van der Waals surface area contributed by atoms with E-state index in [2.05, 4.69) is 27.5 Å². The summed E-state index contributed by atoms with van der Waals surface area (Å²) < 4.78 is 19.5. The fourth-order valence-electron chi connectivity index (χ4n) is 3.39. The van der Waals surface area contributed by atoms with Crippen molar-refractivity contribution in [1.82, 2.24) is 15.6 Å². The van der Waals surface area contributed by atoms with Crippen molar-refractivity contribution in [3.63, 3.8) is 0 Å². The van der Waals surface area contributed by atoms with Crippen molar-refractivity contribution in [2.75, 3.05) is 37.7 Å². The molecule has 3 rings (SSSR count). The van der Waals surface area contributed by atoms with E-state index in [1.807, 2.05) is 4.90 Å². The van der Waals surface area contributed by atoms with E-state index in [9.17, 15) is 4.39 Å². The number of halogens is 1. The van der Waals surface area contributed by atoms with E-state index in [0.29, 0.717) is 11.9 Å². The van der Waals surface area contributed by atoms with Crippen LogP contribution >= 0.6 is 0 Å². The zero-order chi connectivity index (χ0) is 17.5. The molecule has 3 heterocycles. The van der Waals surface area contributed by atoms with Gasteiger partial charge in [0.05, 0.1) is 6.10 Å². The zero-order valence-electron chi connectivity index (χ0n) is 14.9. The third-order valence-electron chi connectivity index (χ3n) is 4.66. The predicted molar refractivity (Wildman–Crippen MR) is 97.5 cm³/mol. The van der Waals surface area contributed by atoms with Crippen LogP contribution in [0.25, 0.3) is 0 Å². The third kappa shape index (κ3) is 5.04. The van der Waals surface area contributed by atoms with E-state index in [1.165, 1.54) is 6.07 Å². The molecule has 0 aliphatic carbocycles. The van der Waals surface area contributed by atoms with Crippen LogP contribution in [0.15, 0.2) is 23.3 Å². The van der Waals surface area contributed by atoms with Gasteiger partial charge in [-0.3, -0.25) is 4.99 Å². The topological polar surface area (TPSA) is 61.8 Å². The molecule has 2 N–H and O–H groups in total. The van der Waals surface area contributed by atoms with Crippen LogP contribution < -0.4 is 15.5 Å². The van der Waals surface area contributed by atoms with Gasteiger partial charge in [-0.05, 0) is 44.7 Å². The maximum Gasteiger partial charge on any atom is 0.191 e. The van der Waals surface area contributed by atoms with Gasteiger partial charge in [-0.15, -0.1) is 0 Å². The molecule has 2 fully saturated rings. The smallest absolute Gasteiger partial charge is 0.191 e. The van der Waals surface area contributed by atoms with E-state index in [1.54, 1.807) is 12.3 Å². The van der Waals surface area contributed by atoms with Gasteiger partial charge in [-0.2, -0.15) is 0 Å². The fourth-order valence-corrected chi connectivity index (χ4v) is 3.39. The fraction of sp³-hybridized carbons (Fsp3) is 0.667. The summed E-state index contributed by atoms with van der Waals surface area (Å²) in [5.74, 6) is 1.00. The van der Waals surface area contributed by atoms with Crippen molar-refractivity contribution in [2.45, 2.75) is 44.8 Å². The maximum absolute atomic E-state index is 13.9. The molecule has 0 bridgehead atoms. The average Bonchev–Trinajstić information content (AvgIpc) is 3.27. The highest BCUT2D eigenvalue weighted by Gasteiger charge is 2.26. The molecule has 25 heavy (non-hydrogen) atoms. The summed E-state index contributed by atoms with van der Waals surface area (Å²) in [6.45, 7) is 6.03. The average molecular weight is 349 g/mol. The standard InChI is InChI=1S/C18H28FN5O/c1-2-20-18(22-10-7-15-5-4-12-25-15)23-14-8-11-24(13-14)17-16(19)6-3-9-21-17/h3,6,9,14-15H,2,4-5,7-8,10-13H2,1H3,(H2,20,22,23). The zero-order valence-corrected chi connectivity index (χ0v) is 14.9. The van der Waals surface area contributed by atoms with Crippen LogP contribution in [0.2, 0.25) is 0 Å². The van der Waals surface area contributed by atoms with Crippen LogP contribution in [-0.2, 0) is 4.74 Å². The highest BCUT2D eigenvalue weighted by atomic mass is 19.1. The van der Waals surface area contributed by atoms with Gasteiger partial charge < -0.3 is 20.3 Å². The molecule has 0 amide bonds. The minimum Gasteiger partial charge on any atom is -0.378 e. The van der Waals surface area contributed by atoms with Crippen molar-refractivity contribution in [2.24, 2.45) is 4.99 Å². The van der Waals surface area contributed by atoms with Crippen LogP contribution in [0.4, 0.5) is 10.2 Å². The molecule has 6 nitrogen and oxygen atoms in total. The second-order valence-corrected chi connectivity index (χ2v) is 6.57. The number of nitrogens with zero attached hydrogens (tertiary/aromatic N) is 3. The van der Waals surface area contributed by atoms with E-state index in [0.717, 1.165) is 64.4 Å². The van der Waals surface area contributed by atoms with Crippen molar-refractivity contribution in [1.29, 1.82) is 0 Å². The summed E-state index contributed by atoms with van der Waals surface area (Å²) in [5.41, 5.74) is 0. The van der Waals surface area contributed by atoms with E-state index >= 15 is 0 Å². The van der Waals surface area contributed by atoms with E-state index in [-0.39, 0.29) is 11.9 Å². The summed E-state index contributed by atoms with van der Waals surface area (Å²) in [6.07, 6.45) is 6.20. The second kappa shape index (κ2) is 8.99. The molecule has 0 aromatic carbocycles. The number of aliphatic imine (C=N–C) groups is 1. The number of rotatable bonds is 6. The Morgan fingerprint density at radius 2 is 2.40 bits per heavy atom. The van der Waals surface area contributed by atoms with Gasteiger partial charge in [0.25, 0.3) is 0 Å². The molecule has 2 atom stereocenters. The molecule has 0 radical (unpaired) electrons. The quantitative estimate of drug-likeness (QED) is 0.607. The van der Waals surface area contributed by atoms with Crippen molar-refractivity contribution < 1.29 is 9.13 Å². The monoisotopic (exact) mass is 349 g/mol. The first-order chi connectivity index (χ1) is 12.3. The molecule has 2 saturated heterocycles. The number of hydrogen-bond acceptors (Lipinski definition) is 4. The van der Waals surface area contributed by atoms with Crippen LogP contribution in [0.1, 0.15) is 32.6 Å². The molecule has 2 aliphatic heterocycles. The van der Waals surface area contributed by atoms with E-state index < -0.39 is 0 Å². The Morgan fingerprint density at radius 1 is 1.48 bits per heavy atom. The van der Waals surface area contributed by atoms with Gasteiger partial charge in [0, 0.05) is 45.0 Å². The lowest BCUT2D eigenvalue weighted by Gasteiger charge is -2.20. The minimum atomic E-state index is -0.264. The Labute approximate surface area is 148 Å². The molecule has 2 aliphatic rings. The molecule has 1 aromatic heterocycles. The molecular weight excluding hydrogens is 321 g/mol. The Kier molecular flexibility index (Phi) is 6.44. The highest BCUT2D eigenvalue weighted by Crippen LogP contribution is 2.20. The Balaban J connectivity index is 1.51. The van der Waals surface area contributed by atoms with Crippen LogP contribution in [0.3, 0.4) is 0 Å². The van der Waals surface area contributed by atoms with E-state index in [4.69, 9.17) is 4.74 Å². The van der Waals surface area contributed by atoms with Crippen LogP contribution in [-0.4, -0.2) is 55.9 Å². The maximum atomic E-state index is 13.9. The number of ether oxygens (including phenoxy) is 1. The lowest BCUT2D eigenvalue weighted by molar-refractivity contribution is 0.106. The molecule has 0 spiro atoms. The Hall–Kier alpha value is -1.89. The first-order valence-electron chi connectivity index (χ1n) is 9.28. The minimum absolute atomic E-state index is 0.238. The molecule has 1 aromatic rings. The lowest BCUT2D eigenvalue weighted by atomic mass is 10.2. The van der Waals surface area contributed by atoms with Crippen LogP contribution in [0, 0.1) is 5.82 Å². The van der Waals surface area contributed by atoms with Gasteiger partial charge in [0.2, 0.25) is 0 Å². The number of guanidine groups is 1. The summed E-state index contributed by atoms with van der Waals surface area (Å²) in [5, 5.41) is 6.76. The summed E-state index contributed by atoms with van der Waals surface area (Å²) >= 11 is 0. The van der Waals surface area contributed by atoms with Gasteiger partial charge in [-0.25, -0.2) is 9.37 Å².